The van der Waals surface area contributed by atoms with Crippen molar-refractivity contribution in [2.24, 2.45) is 0 Å². The van der Waals surface area contributed by atoms with Crippen molar-refractivity contribution in [2.45, 2.75) is 26.4 Å². The van der Waals surface area contributed by atoms with E-state index in [1.165, 1.54) is 0 Å². The number of carbonyl (C=O) groups excluding carboxylic acids is 1. The highest BCUT2D eigenvalue weighted by molar-refractivity contribution is 7.88. The third-order valence-electron chi connectivity index (χ3n) is 2.74. The average molecular weight is 319 g/mol. The summed E-state index contributed by atoms with van der Waals surface area (Å²) in [7, 11) is -3.40. The fourth-order valence-corrected chi connectivity index (χ4v) is 3.04. The summed E-state index contributed by atoms with van der Waals surface area (Å²) in [6.45, 7) is 3.53. The summed E-state index contributed by atoms with van der Waals surface area (Å²) >= 11 is 5.98. The number of halogens is 1. The van der Waals surface area contributed by atoms with Gasteiger partial charge in [-0.05, 0) is 25.5 Å². The maximum Gasteiger partial charge on any atom is 0.235 e. The highest BCUT2D eigenvalue weighted by atomic mass is 35.5. The molecule has 0 aromatic heterocycles. The molecule has 20 heavy (non-hydrogen) atoms. The van der Waals surface area contributed by atoms with Crippen LogP contribution < -0.4 is 5.32 Å². The van der Waals surface area contributed by atoms with Gasteiger partial charge in [-0.25, -0.2) is 8.42 Å². The zero-order chi connectivity index (χ0) is 15.3. The summed E-state index contributed by atoms with van der Waals surface area (Å²) in [4.78, 5) is 11.8. The average Bonchev–Trinajstić information content (AvgIpc) is 2.33. The minimum absolute atomic E-state index is 0.193. The van der Waals surface area contributed by atoms with Crippen molar-refractivity contribution in [3.8, 4) is 0 Å². The van der Waals surface area contributed by atoms with Gasteiger partial charge in [0.05, 0.1) is 12.8 Å². The smallest absolute Gasteiger partial charge is 0.235 e. The minimum atomic E-state index is -3.40. The van der Waals surface area contributed by atoms with E-state index in [0.29, 0.717) is 5.02 Å². The normalized spacial score (nSPS) is 11.9. The summed E-state index contributed by atoms with van der Waals surface area (Å²) in [6.07, 6.45) is 1.09. The van der Waals surface area contributed by atoms with Gasteiger partial charge in [0.2, 0.25) is 15.9 Å². The van der Waals surface area contributed by atoms with Gasteiger partial charge in [-0.1, -0.05) is 29.8 Å². The first kappa shape index (κ1) is 16.9. The molecule has 1 N–H and O–H groups in total. The van der Waals surface area contributed by atoms with Gasteiger partial charge in [0.1, 0.15) is 0 Å². The van der Waals surface area contributed by atoms with Crippen LogP contribution in [0.15, 0.2) is 24.3 Å². The number of amides is 1. The van der Waals surface area contributed by atoms with Crippen LogP contribution in [0.25, 0.3) is 0 Å². The second kappa shape index (κ2) is 7.06. The Labute approximate surface area is 125 Å². The molecule has 0 saturated heterocycles. The van der Waals surface area contributed by atoms with Crippen molar-refractivity contribution in [1.29, 1.82) is 0 Å². The zero-order valence-electron chi connectivity index (χ0n) is 11.8. The Hall–Kier alpha value is -1.11. The van der Waals surface area contributed by atoms with E-state index in [0.717, 1.165) is 16.1 Å². The number of nitrogens with zero attached hydrogens (tertiary/aromatic N) is 1. The van der Waals surface area contributed by atoms with E-state index < -0.39 is 10.0 Å². The van der Waals surface area contributed by atoms with E-state index in [4.69, 9.17) is 11.6 Å². The number of rotatable bonds is 6. The molecule has 0 fully saturated rings. The first-order chi connectivity index (χ1) is 9.21. The minimum Gasteiger partial charge on any atom is -0.351 e. The SMILES string of the molecule is CC(C)N(CC(=O)NCc1ccccc1Cl)S(C)(=O)=O. The van der Waals surface area contributed by atoms with E-state index in [2.05, 4.69) is 5.32 Å². The Kier molecular flexibility index (Phi) is 5.98. The van der Waals surface area contributed by atoms with Crippen molar-refractivity contribution in [3.63, 3.8) is 0 Å². The highest BCUT2D eigenvalue weighted by Crippen LogP contribution is 2.14. The molecular weight excluding hydrogens is 300 g/mol. The number of sulfonamides is 1. The summed E-state index contributed by atoms with van der Waals surface area (Å²) in [5.41, 5.74) is 0.790. The molecule has 0 unspecified atom stereocenters. The Morgan fingerprint density at radius 2 is 1.95 bits per heavy atom. The lowest BCUT2D eigenvalue weighted by molar-refractivity contribution is -0.121. The van der Waals surface area contributed by atoms with Gasteiger partial charge in [0.15, 0.2) is 0 Å². The summed E-state index contributed by atoms with van der Waals surface area (Å²) in [5, 5.41) is 3.23. The third-order valence-corrected chi connectivity index (χ3v) is 4.51. The lowest BCUT2D eigenvalue weighted by Gasteiger charge is -2.23. The van der Waals surface area contributed by atoms with E-state index in [1.807, 2.05) is 6.07 Å². The van der Waals surface area contributed by atoms with E-state index in [1.54, 1.807) is 32.0 Å². The van der Waals surface area contributed by atoms with Crippen LogP contribution in [-0.2, 0) is 21.4 Å². The zero-order valence-corrected chi connectivity index (χ0v) is 13.3. The molecule has 0 heterocycles. The third kappa shape index (κ3) is 5.11. The van der Waals surface area contributed by atoms with Crippen LogP contribution in [0.2, 0.25) is 5.02 Å². The second-order valence-electron chi connectivity index (χ2n) is 4.77. The van der Waals surface area contributed by atoms with Gasteiger partial charge < -0.3 is 5.32 Å². The fourth-order valence-electron chi connectivity index (χ4n) is 1.72. The van der Waals surface area contributed by atoms with Crippen LogP contribution >= 0.6 is 11.6 Å². The molecule has 0 aliphatic rings. The van der Waals surface area contributed by atoms with Crippen molar-refractivity contribution in [3.05, 3.63) is 34.9 Å². The van der Waals surface area contributed by atoms with Crippen molar-refractivity contribution < 1.29 is 13.2 Å². The molecule has 0 spiro atoms. The van der Waals surface area contributed by atoms with Gasteiger partial charge in [0, 0.05) is 17.6 Å². The van der Waals surface area contributed by atoms with Crippen molar-refractivity contribution >= 4 is 27.5 Å². The van der Waals surface area contributed by atoms with Gasteiger partial charge in [0.25, 0.3) is 0 Å². The number of hydrogen-bond donors (Lipinski definition) is 1. The molecule has 1 rings (SSSR count). The first-order valence-electron chi connectivity index (χ1n) is 6.18. The highest BCUT2D eigenvalue weighted by Gasteiger charge is 2.22. The van der Waals surface area contributed by atoms with Crippen LogP contribution in [-0.4, -0.2) is 37.5 Å². The Balaban J connectivity index is 2.62. The molecule has 0 bridgehead atoms. The van der Waals surface area contributed by atoms with Gasteiger partial charge in [-0.3, -0.25) is 4.79 Å². The van der Waals surface area contributed by atoms with Crippen molar-refractivity contribution in [1.82, 2.24) is 9.62 Å². The molecule has 1 aromatic carbocycles. The standard InChI is InChI=1S/C13H19ClN2O3S/c1-10(2)16(20(3,18)19)9-13(17)15-8-11-6-4-5-7-12(11)14/h4-7,10H,8-9H2,1-3H3,(H,15,17). The van der Waals surface area contributed by atoms with Crippen LogP contribution in [0.1, 0.15) is 19.4 Å². The van der Waals surface area contributed by atoms with Gasteiger partial charge >= 0.3 is 0 Å². The number of nitrogens with one attached hydrogen (secondary N) is 1. The number of hydrogen-bond acceptors (Lipinski definition) is 3. The predicted molar refractivity (Wildman–Crippen MR) is 80.0 cm³/mol. The maximum atomic E-state index is 11.8. The van der Waals surface area contributed by atoms with E-state index in [-0.39, 0.29) is 25.0 Å². The molecule has 0 aliphatic carbocycles. The molecular formula is C13H19ClN2O3S. The quantitative estimate of drug-likeness (QED) is 0.867. The number of benzene rings is 1. The van der Waals surface area contributed by atoms with Crippen LogP contribution in [0, 0.1) is 0 Å². The first-order valence-corrected chi connectivity index (χ1v) is 8.41. The Bertz CT molecular complexity index is 573. The Morgan fingerprint density at radius 1 is 1.35 bits per heavy atom. The molecule has 5 nitrogen and oxygen atoms in total. The molecule has 0 aliphatic heterocycles. The largest absolute Gasteiger partial charge is 0.351 e. The monoisotopic (exact) mass is 318 g/mol. The van der Waals surface area contributed by atoms with E-state index >= 15 is 0 Å². The maximum absolute atomic E-state index is 11.8. The van der Waals surface area contributed by atoms with E-state index in [9.17, 15) is 13.2 Å². The molecule has 0 saturated carbocycles. The molecule has 112 valence electrons. The molecule has 1 amide bonds. The topological polar surface area (TPSA) is 66.5 Å². The van der Waals surface area contributed by atoms with Crippen molar-refractivity contribution in [2.75, 3.05) is 12.8 Å². The molecule has 7 heteroatoms. The van der Waals surface area contributed by atoms with Crippen LogP contribution in [0.4, 0.5) is 0 Å². The lowest BCUT2D eigenvalue weighted by Crippen LogP contribution is -2.43. The second-order valence-corrected chi connectivity index (χ2v) is 7.11. The predicted octanol–water partition coefficient (Wildman–Crippen LogP) is 1.63. The Morgan fingerprint density at radius 3 is 2.45 bits per heavy atom. The van der Waals surface area contributed by atoms with Crippen LogP contribution in [0.3, 0.4) is 0 Å². The lowest BCUT2D eigenvalue weighted by atomic mass is 10.2. The molecule has 0 radical (unpaired) electrons. The summed E-state index contributed by atoms with van der Waals surface area (Å²) < 4.78 is 24.3. The van der Waals surface area contributed by atoms with Gasteiger partial charge in [-0.15, -0.1) is 0 Å². The van der Waals surface area contributed by atoms with Gasteiger partial charge in [-0.2, -0.15) is 4.31 Å². The molecule has 1 aromatic rings. The summed E-state index contributed by atoms with van der Waals surface area (Å²) in [6, 6.07) is 6.90. The van der Waals surface area contributed by atoms with Crippen LogP contribution in [0.5, 0.6) is 0 Å². The fraction of sp³-hybridized carbons (Fsp3) is 0.462. The summed E-state index contributed by atoms with van der Waals surface area (Å²) in [5.74, 6) is -0.357. The molecule has 0 atom stereocenters. The number of carbonyl (C=O) groups is 1.